The summed E-state index contributed by atoms with van der Waals surface area (Å²) in [5, 5.41) is 3.01. The van der Waals surface area contributed by atoms with Crippen LogP contribution >= 0.6 is 0 Å². The molecule has 3 saturated heterocycles. The predicted octanol–water partition coefficient (Wildman–Crippen LogP) is 0.348. The molecule has 1 amide bonds. The third-order valence-corrected chi connectivity index (χ3v) is 4.53. The largest absolute Gasteiger partial charge is 0.381 e. The average Bonchev–Trinajstić information content (AvgIpc) is 3.14. The highest BCUT2D eigenvalue weighted by molar-refractivity contribution is 5.81. The first-order valence-corrected chi connectivity index (χ1v) is 7.93. The van der Waals surface area contributed by atoms with Gasteiger partial charge >= 0.3 is 0 Å². The second-order valence-electron chi connectivity index (χ2n) is 6.27. The molecule has 0 aromatic heterocycles. The van der Waals surface area contributed by atoms with Gasteiger partial charge in [-0.1, -0.05) is 0 Å². The molecule has 0 aromatic carbocycles. The number of rotatable bonds is 5. The van der Waals surface area contributed by atoms with Gasteiger partial charge in [0.2, 0.25) is 5.91 Å². The first-order valence-electron chi connectivity index (χ1n) is 7.93. The van der Waals surface area contributed by atoms with Crippen LogP contribution in [0.5, 0.6) is 0 Å². The van der Waals surface area contributed by atoms with Crippen molar-refractivity contribution in [2.75, 3.05) is 39.6 Å². The molecule has 5 unspecified atom stereocenters. The van der Waals surface area contributed by atoms with Crippen LogP contribution in [0.1, 0.15) is 19.8 Å². The first-order chi connectivity index (χ1) is 10.2. The van der Waals surface area contributed by atoms with E-state index in [1.54, 1.807) is 0 Å². The van der Waals surface area contributed by atoms with Gasteiger partial charge in [0.25, 0.3) is 0 Å². The Kier molecular flexibility index (Phi) is 5.11. The van der Waals surface area contributed by atoms with Gasteiger partial charge in [-0.05, 0) is 19.8 Å². The molecular weight excluding hydrogens is 274 g/mol. The van der Waals surface area contributed by atoms with Crippen LogP contribution < -0.4 is 5.32 Å². The van der Waals surface area contributed by atoms with E-state index in [1.807, 2.05) is 6.92 Å². The smallest absolute Gasteiger partial charge is 0.249 e. The second kappa shape index (κ2) is 7.05. The van der Waals surface area contributed by atoms with Crippen molar-refractivity contribution in [1.29, 1.82) is 0 Å². The van der Waals surface area contributed by atoms with Crippen molar-refractivity contribution in [3.8, 4) is 0 Å². The Morgan fingerprint density at radius 2 is 2.05 bits per heavy atom. The Morgan fingerprint density at radius 1 is 1.24 bits per heavy atom. The summed E-state index contributed by atoms with van der Waals surface area (Å²) in [5.41, 5.74) is 0. The van der Waals surface area contributed by atoms with Crippen molar-refractivity contribution in [3.63, 3.8) is 0 Å². The number of ether oxygens (including phenoxy) is 4. The molecule has 0 aliphatic carbocycles. The van der Waals surface area contributed by atoms with E-state index in [0.717, 1.165) is 32.7 Å². The van der Waals surface area contributed by atoms with Gasteiger partial charge in [0, 0.05) is 31.1 Å². The first kappa shape index (κ1) is 15.2. The molecule has 3 rings (SSSR count). The molecule has 0 aromatic rings. The van der Waals surface area contributed by atoms with Crippen LogP contribution in [-0.4, -0.2) is 63.8 Å². The van der Waals surface area contributed by atoms with E-state index in [2.05, 4.69) is 5.32 Å². The number of hydrogen-bond acceptors (Lipinski definition) is 5. The highest BCUT2D eigenvalue weighted by atomic mass is 16.5. The molecule has 0 spiro atoms. The molecule has 3 fully saturated rings. The van der Waals surface area contributed by atoms with Crippen LogP contribution in [0.15, 0.2) is 0 Å². The van der Waals surface area contributed by atoms with Crippen LogP contribution in [0.3, 0.4) is 0 Å². The molecule has 6 nitrogen and oxygen atoms in total. The third-order valence-electron chi connectivity index (χ3n) is 4.53. The normalized spacial score (nSPS) is 37.2. The molecule has 3 aliphatic rings. The Balaban J connectivity index is 1.42. The van der Waals surface area contributed by atoms with Gasteiger partial charge in [-0.25, -0.2) is 0 Å². The third kappa shape index (κ3) is 3.74. The zero-order chi connectivity index (χ0) is 14.7. The Hall–Kier alpha value is -0.690. The van der Waals surface area contributed by atoms with Crippen molar-refractivity contribution in [3.05, 3.63) is 0 Å². The zero-order valence-corrected chi connectivity index (χ0v) is 12.6. The van der Waals surface area contributed by atoms with Crippen LogP contribution in [0.4, 0.5) is 0 Å². The molecule has 0 bridgehead atoms. The maximum absolute atomic E-state index is 12.3. The minimum Gasteiger partial charge on any atom is -0.381 e. The summed E-state index contributed by atoms with van der Waals surface area (Å²) in [5.74, 6) is 0.662. The summed E-state index contributed by atoms with van der Waals surface area (Å²) >= 11 is 0. The maximum Gasteiger partial charge on any atom is 0.249 e. The van der Waals surface area contributed by atoms with Crippen molar-refractivity contribution in [1.82, 2.24) is 5.32 Å². The zero-order valence-electron chi connectivity index (χ0n) is 12.6. The molecule has 5 atom stereocenters. The number of nitrogens with one attached hydrogen (secondary N) is 1. The number of fused-ring (bicyclic) bond motifs is 1. The summed E-state index contributed by atoms with van der Waals surface area (Å²) in [6, 6.07) is -0.0133. The van der Waals surface area contributed by atoms with Gasteiger partial charge in [0.05, 0.1) is 32.5 Å². The summed E-state index contributed by atoms with van der Waals surface area (Å²) < 4.78 is 22.1. The standard InChI is InChI=1S/C15H25NO5/c1-10(6-20-12-2-4-19-9-12)16-15(17)14-13-3-5-18-7-11(13)8-21-14/h10-14H,2-9H2,1H3,(H,16,17). The van der Waals surface area contributed by atoms with E-state index in [9.17, 15) is 4.79 Å². The van der Waals surface area contributed by atoms with E-state index in [1.165, 1.54) is 0 Å². The average molecular weight is 299 g/mol. The van der Waals surface area contributed by atoms with Crippen LogP contribution in [-0.2, 0) is 23.7 Å². The van der Waals surface area contributed by atoms with E-state index in [0.29, 0.717) is 31.7 Å². The minimum atomic E-state index is -0.323. The van der Waals surface area contributed by atoms with E-state index < -0.39 is 0 Å². The fraction of sp³-hybridized carbons (Fsp3) is 0.933. The van der Waals surface area contributed by atoms with Crippen molar-refractivity contribution in [2.45, 2.75) is 38.0 Å². The number of carbonyl (C=O) groups excluding carboxylic acids is 1. The maximum atomic E-state index is 12.3. The minimum absolute atomic E-state index is 0.0110. The Morgan fingerprint density at radius 3 is 2.86 bits per heavy atom. The topological polar surface area (TPSA) is 66.0 Å². The monoisotopic (exact) mass is 299 g/mol. The van der Waals surface area contributed by atoms with Gasteiger partial charge < -0.3 is 24.3 Å². The van der Waals surface area contributed by atoms with Gasteiger partial charge in [0.1, 0.15) is 6.10 Å². The molecule has 1 N–H and O–H groups in total. The summed E-state index contributed by atoms with van der Waals surface area (Å²) in [6.45, 7) is 5.99. The number of amides is 1. The molecule has 0 saturated carbocycles. The quantitative estimate of drug-likeness (QED) is 0.793. The lowest BCUT2D eigenvalue weighted by Crippen LogP contribution is -2.46. The van der Waals surface area contributed by atoms with E-state index in [4.69, 9.17) is 18.9 Å². The summed E-state index contributed by atoms with van der Waals surface area (Å²) in [4.78, 5) is 12.3. The molecule has 120 valence electrons. The molecular formula is C15H25NO5. The van der Waals surface area contributed by atoms with Crippen LogP contribution in [0, 0.1) is 11.8 Å². The molecule has 3 aliphatic heterocycles. The van der Waals surface area contributed by atoms with E-state index >= 15 is 0 Å². The van der Waals surface area contributed by atoms with Crippen molar-refractivity contribution >= 4 is 5.91 Å². The Bertz CT molecular complexity index is 358. The highest BCUT2D eigenvalue weighted by Gasteiger charge is 2.43. The van der Waals surface area contributed by atoms with E-state index in [-0.39, 0.29) is 24.2 Å². The number of carbonyl (C=O) groups is 1. The summed E-state index contributed by atoms with van der Waals surface area (Å²) in [6.07, 6.45) is 1.70. The fourth-order valence-corrected chi connectivity index (χ4v) is 3.30. The molecule has 6 heteroatoms. The molecule has 21 heavy (non-hydrogen) atoms. The van der Waals surface area contributed by atoms with Crippen molar-refractivity contribution < 1.29 is 23.7 Å². The van der Waals surface area contributed by atoms with Gasteiger partial charge in [-0.3, -0.25) is 4.79 Å². The SMILES string of the molecule is CC(COC1CCOC1)NC(=O)C1OCC2COCCC21. The van der Waals surface area contributed by atoms with Gasteiger partial charge in [-0.2, -0.15) is 0 Å². The predicted molar refractivity (Wildman–Crippen MR) is 74.9 cm³/mol. The molecule has 0 radical (unpaired) electrons. The lowest BCUT2D eigenvalue weighted by molar-refractivity contribution is -0.133. The van der Waals surface area contributed by atoms with Gasteiger partial charge in [0.15, 0.2) is 0 Å². The molecule has 3 heterocycles. The number of hydrogen-bond donors (Lipinski definition) is 1. The highest BCUT2D eigenvalue weighted by Crippen LogP contribution is 2.33. The lowest BCUT2D eigenvalue weighted by Gasteiger charge is -2.27. The Labute approximate surface area is 125 Å². The fourth-order valence-electron chi connectivity index (χ4n) is 3.30. The van der Waals surface area contributed by atoms with Crippen LogP contribution in [0.25, 0.3) is 0 Å². The van der Waals surface area contributed by atoms with Crippen LogP contribution in [0.2, 0.25) is 0 Å². The van der Waals surface area contributed by atoms with Crippen molar-refractivity contribution in [2.24, 2.45) is 11.8 Å². The second-order valence-corrected chi connectivity index (χ2v) is 6.27. The summed E-state index contributed by atoms with van der Waals surface area (Å²) in [7, 11) is 0. The lowest BCUT2D eigenvalue weighted by atomic mass is 9.86. The van der Waals surface area contributed by atoms with Gasteiger partial charge in [-0.15, -0.1) is 0 Å².